The molecule has 0 saturated carbocycles. The minimum absolute atomic E-state index is 0.0531. The molecule has 1 unspecified atom stereocenters. The quantitative estimate of drug-likeness (QED) is 0.866. The molecule has 104 valence electrons. The average Bonchev–Trinajstić information content (AvgIpc) is 2.47. The van der Waals surface area contributed by atoms with Gasteiger partial charge in [0.25, 0.3) is 5.91 Å². The number of hydrogen-bond acceptors (Lipinski definition) is 4. The van der Waals surface area contributed by atoms with Crippen LogP contribution in [0.2, 0.25) is 5.02 Å². The lowest BCUT2D eigenvalue weighted by atomic mass is 10.1. The number of halogens is 1. The summed E-state index contributed by atoms with van der Waals surface area (Å²) in [5.74, 6) is -0.0531. The van der Waals surface area contributed by atoms with E-state index in [4.69, 9.17) is 22.1 Å². The average molecular weight is 301 g/mol. The maximum atomic E-state index is 12.5. The predicted molar refractivity (Wildman–Crippen MR) is 77.9 cm³/mol. The first-order valence-electron chi connectivity index (χ1n) is 6.10. The molecule has 1 amide bonds. The lowest BCUT2D eigenvalue weighted by Crippen LogP contribution is -2.48. The van der Waals surface area contributed by atoms with Crippen LogP contribution in [0.3, 0.4) is 0 Å². The zero-order valence-corrected chi connectivity index (χ0v) is 12.3. The van der Waals surface area contributed by atoms with E-state index in [1.165, 1.54) is 0 Å². The van der Waals surface area contributed by atoms with E-state index in [-0.39, 0.29) is 12.0 Å². The van der Waals surface area contributed by atoms with Crippen LogP contribution in [0.1, 0.15) is 10.4 Å². The van der Waals surface area contributed by atoms with E-state index in [0.29, 0.717) is 36.8 Å². The normalized spacial score (nSPS) is 19.5. The Balaban J connectivity index is 2.18. The monoisotopic (exact) mass is 300 g/mol. The maximum absolute atomic E-state index is 12.5. The third-order valence-corrected chi connectivity index (χ3v) is 4.15. The Labute approximate surface area is 122 Å². The highest BCUT2D eigenvalue weighted by Gasteiger charge is 2.25. The number of nitrogens with two attached hydrogens (primary N) is 1. The van der Waals surface area contributed by atoms with Crippen molar-refractivity contribution >= 4 is 29.3 Å². The Morgan fingerprint density at radius 3 is 3.11 bits per heavy atom. The van der Waals surface area contributed by atoms with Gasteiger partial charge in [0.05, 0.1) is 23.3 Å². The maximum Gasteiger partial charge on any atom is 0.255 e. The fourth-order valence-corrected chi connectivity index (χ4v) is 2.65. The summed E-state index contributed by atoms with van der Waals surface area (Å²) in [4.78, 5) is 15.3. The first-order valence-corrected chi connectivity index (χ1v) is 7.70. The minimum Gasteiger partial charge on any atom is -0.373 e. The molecule has 6 heteroatoms. The van der Waals surface area contributed by atoms with Gasteiger partial charge in [0.15, 0.2) is 0 Å². The van der Waals surface area contributed by atoms with E-state index < -0.39 is 0 Å². The van der Waals surface area contributed by atoms with Crippen LogP contribution in [0.5, 0.6) is 0 Å². The summed E-state index contributed by atoms with van der Waals surface area (Å²) >= 11 is 7.71. The molecular weight excluding hydrogens is 284 g/mol. The van der Waals surface area contributed by atoms with Crippen molar-refractivity contribution in [3.05, 3.63) is 28.8 Å². The fraction of sp³-hybridized carbons (Fsp3) is 0.462. The molecule has 1 aliphatic heterocycles. The van der Waals surface area contributed by atoms with Crippen molar-refractivity contribution in [2.75, 3.05) is 32.5 Å². The summed E-state index contributed by atoms with van der Waals surface area (Å²) < 4.78 is 5.46. The second-order valence-corrected chi connectivity index (χ2v) is 5.61. The van der Waals surface area contributed by atoms with Gasteiger partial charge in [0.1, 0.15) is 0 Å². The highest BCUT2D eigenvalue weighted by molar-refractivity contribution is 7.98. The van der Waals surface area contributed by atoms with Gasteiger partial charge in [-0.15, -0.1) is 11.8 Å². The number of rotatable bonds is 3. The van der Waals surface area contributed by atoms with Gasteiger partial charge in [0.2, 0.25) is 0 Å². The molecule has 1 aromatic carbocycles. The highest BCUT2D eigenvalue weighted by atomic mass is 35.5. The van der Waals surface area contributed by atoms with Gasteiger partial charge in [-0.2, -0.15) is 0 Å². The van der Waals surface area contributed by atoms with Crippen LogP contribution < -0.4 is 5.73 Å². The number of morpholine rings is 1. The van der Waals surface area contributed by atoms with Crippen molar-refractivity contribution in [3.63, 3.8) is 0 Å². The van der Waals surface area contributed by atoms with Gasteiger partial charge in [-0.25, -0.2) is 0 Å². The molecule has 4 nitrogen and oxygen atoms in total. The topological polar surface area (TPSA) is 55.6 Å². The first-order chi connectivity index (χ1) is 9.15. The summed E-state index contributed by atoms with van der Waals surface area (Å²) in [6.45, 7) is 2.04. The summed E-state index contributed by atoms with van der Waals surface area (Å²) in [5.41, 5.74) is 6.13. The van der Waals surface area contributed by atoms with Crippen LogP contribution in [0.25, 0.3) is 0 Å². The number of ether oxygens (including phenoxy) is 1. The van der Waals surface area contributed by atoms with Gasteiger partial charge in [-0.3, -0.25) is 4.79 Å². The Bertz CT molecular complexity index is 470. The molecule has 1 saturated heterocycles. The molecule has 1 fully saturated rings. The first kappa shape index (κ1) is 14.7. The minimum atomic E-state index is -0.0831. The number of hydrogen-bond donors (Lipinski definition) is 1. The number of carbonyl (C=O) groups is 1. The predicted octanol–water partition coefficient (Wildman–Crippen LogP) is 1.86. The van der Waals surface area contributed by atoms with Crippen LogP contribution in [-0.2, 0) is 4.74 Å². The van der Waals surface area contributed by atoms with Crippen LogP contribution in [-0.4, -0.2) is 49.4 Å². The number of amides is 1. The molecule has 2 N–H and O–H groups in total. The molecule has 19 heavy (non-hydrogen) atoms. The van der Waals surface area contributed by atoms with Crippen LogP contribution in [0.4, 0.5) is 0 Å². The molecule has 1 aromatic rings. The number of thioether (sulfide) groups is 1. The Morgan fingerprint density at radius 2 is 2.42 bits per heavy atom. The molecule has 0 aliphatic carbocycles. The van der Waals surface area contributed by atoms with Gasteiger partial charge in [-0.1, -0.05) is 11.6 Å². The van der Waals surface area contributed by atoms with Crippen molar-refractivity contribution < 1.29 is 9.53 Å². The lowest BCUT2D eigenvalue weighted by Gasteiger charge is -2.32. The van der Waals surface area contributed by atoms with Crippen LogP contribution in [0.15, 0.2) is 23.1 Å². The summed E-state index contributed by atoms with van der Waals surface area (Å²) in [6, 6.07) is 5.51. The summed E-state index contributed by atoms with van der Waals surface area (Å²) in [7, 11) is 0. The molecule has 1 heterocycles. The molecule has 0 bridgehead atoms. The van der Waals surface area contributed by atoms with E-state index in [0.717, 1.165) is 4.90 Å². The highest BCUT2D eigenvalue weighted by Crippen LogP contribution is 2.24. The SMILES string of the molecule is CSc1ccc(Cl)c(C(=O)N2CCOC(CN)C2)c1. The van der Waals surface area contributed by atoms with Crippen molar-refractivity contribution in [1.29, 1.82) is 0 Å². The van der Waals surface area contributed by atoms with Gasteiger partial charge in [-0.05, 0) is 24.5 Å². The lowest BCUT2D eigenvalue weighted by molar-refractivity contribution is -0.0167. The molecule has 0 spiro atoms. The van der Waals surface area contributed by atoms with Crippen molar-refractivity contribution in [2.24, 2.45) is 5.73 Å². The molecule has 0 aromatic heterocycles. The van der Waals surface area contributed by atoms with Gasteiger partial charge >= 0.3 is 0 Å². The molecule has 1 atom stereocenters. The molecule has 1 aliphatic rings. The van der Waals surface area contributed by atoms with E-state index >= 15 is 0 Å². The zero-order valence-electron chi connectivity index (χ0n) is 10.8. The number of benzene rings is 1. The summed E-state index contributed by atoms with van der Waals surface area (Å²) in [5, 5.41) is 0.485. The Hall–Kier alpha value is -0.750. The molecule has 2 rings (SSSR count). The van der Waals surface area contributed by atoms with E-state index in [9.17, 15) is 4.79 Å². The summed E-state index contributed by atoms with van der Waals surface area (Å²) in [6.07, 6.45) is 1.89. The molecular formula is C13H17ClN2O2S. The zero-order chi connectivity index (χ0) is 13.8. The van der Waals surface area contributed by atoms with Gasteiger partial charge < -0.3 is 15.4 Å². The van der Waals surface area contributed by atoms with E-state index in [1.807, 2.05) is 18.4 Å². The smallest absolute Gasteiger partial charge is 0.255 e. The third kappa shape index (κ3) is 3.42. The Morgan fingerprint density at radius 1 is 1.63 bits per heavy atom. The number of nitrogens with zero attached hydrogens (tertiary/aromatic N) is 1. The van der Waals surface area contributed by atoms with Crippen LogP contribution in [0, 0.1) is 0 Å². The fourth-order valence-electron chi connectivity index (χ4n) is 2.01. The Kier molecular flexibility index (Phi) is 5.10. The standard InChI is InChI=1S/C13H17ClN2O2S/c1-19-10-2-3-12(14)11(6-10)13(17)16-4-5-18-9(7-15)8-16/h2-3,6,9H,4-5,7-8,15H2,1H3. The van der Waals surface area contributed by atoms with Crippen molar-refractivity contribution in [3.8, 4) is 0 Å². The third-order valence-electron chi connectivity index (χ3n) is 3.09. The second kappa shape index (κ2) is 6.61. The second-order valence-electron chi connectivity index (χ2n) is 4.33. The van der Waals surface area contributed by atoms with Crippen molar-refractivity contribution in [2.45, 2.75) is 11.0 Å². The number of carbonyl (C=O) groups excluding carboxylic acids is 1. The van der Waals surface area contributed by atoms with E-state index in [1.54, 1.807) is 22.7 Å². The van der Waals surface area contributed by atoms with Crippen LogP contribution >= 0.6 is 23.4 Å². The van der Waals surface area contributed by atoms with E-state index in [2.05, 4.69) is 0 Å². The van der Waals surface area contributed by atoms with Gasteiger partial charge in [0, 0.05) is 24.5 Å². The molecule has 0 radical (unpaired) electrons. The largest absolute Gasteiger partial charge is 0.373 e. The van der Waals surface area contributed by atoms with Crippen molar-refractivity contribution in [1.82, 2.24) is 4.90 Å².